The molecule has 0 aromatic heterocycles. The molecule has 1 heterocycles. The highest BCUT2D eigenvalue weighted by atomic mass is 16.5. The summed E-state index contributed by atoms with van der Waals surface area (Å²) in [6.07, 6.45) is 0. The molecular weight excluding hydrogens is 384 g/mol. The van der Waals surface area contributed by atoms with Gasteiger partial charge in [0.15, 0.2) is 6.61 Å². The van der Waals surface area contributed by atoms with Crippen LogP contribution in [0.5, 0.6) is 0 Å². The Balaban J connectivity index is 1.71. The summed E-state index contributed by atoms with van der Waals surface area (Å²) in [7, 11) is 0. The molecule has 1 aliphatic heterocycles. The first-order valence-corrected chi connectivity index (χ1v) is 9.72. The minimum Gasteiger partial charge on any atom is -0.454 e. The first kappa shape index (κ1) is 21.2. The van der Waals surface area contributed by atoms with E-state index in [1.807, 2.05) is 32.0 Å². The van der Waals surface area contributed by atoms with Gasteiger partial charge in [0.1, 0.15) is 6.04 Å². The van der Waals surface area contributed by atoms with Crippen molar-refractivity contribution in [3.05, 3.63) is 64.7 Å². The second-order valence-corrected chi connectivity index (χ2v) is 7.64. The molecule has 0 bridgehead atoms. The number of hydrogen-bond acceptors (Lipinski definition) is 5. The van der Waals surface area contributed by atoms with Crippen LogP contribution in [-0.4, -0.2) is 41.2 Å². The highest BCUT2D eigenvalue weighted by Gasteiger charge is 2.44. The number of ether oxygens (including phenoxy) is 1. The summed E-state index contributed by atoms with van der Waals surface area (Å²) >= 11 is 0. The number of nitrogens with zero attached hydrogens (tertiary/aromatic N) is 1. The number of imide groups is 1. The molecule has 2 aromatic rings. The zero-order chi connectivity index (χ0) is 22.0. The van der Waals surface area contributed by atoms with Gasteiger partial charge < -0.3 is 10.1 Å². The van der Waals surface area contributed by atoms with E-state index >= 15 is 0 Å². The van der Waals surface area contributed by atoms with E-state index in [9.17, 15) is 19.2 Å². The lowest BCUT2D eigenvalue weighted by molar-refractivity contribution is -0.152. The van der Waals surface area contributed by atoms with Gasteiger partial charge in [0, 0.05) is 5.69 Å². The number of carbonyl (C=O) groups excluding carboxylic acids is 4. The molecule has 156 valence electrons. The summed E-state index contributed by atoms with van der Waals surface area (Å²) in [5, 5.41) is 2.74. The molecule has 0 fully saturated rings. The quantitative estimate of drug-likeness (QED) is 0.586. The molecule has 0 saturated heterocycles. The van der Waals surface area contributed by atoms with Crippen LogP contribution >= 0.6 is 0 Å². The van der Waals surface area contributed by atoms with Gasteiger partial charge in [-0.25, -0.2) is 4.79 Å². The number of aryl methyl sites for hydroxylation is 2. The summed E-state index contributed by atoms with van der Waals surface area (Å²) in [5.74, 6) is -2.75. The highest BCUT2D eigenvalue weighted by molar-refractivity contribution is 6.22. The molecule has 2 aromatic carbocycles. The molecule has 7 heteroatoms. The van der Waals surface area contributed by atoms with Crippen LogP contribution in [0.1, 0.15) is 45.7 Å². The standard InChI is InChI=1S/C23H24N2O5/c1-13(2)20(25-21(27)16-10-5-6-11-17(16)22(25)28)23(29)30-12-18(26)24-19-14(3)8-7-9-15(19)4/h5-11,13,20H,12H2,1-4H3,(H,24,26)/t20-/m0/s1. The van der Waals surface area contributed by atoms with E-state index in [4.69, 9.17) is 4.74 Å². The monoisotopic (exact) mass is 408 g/mol. The van der Waals surface area contributed by atoms with Crippen LogP contribution in [0.15, 0.2) is 42.5 Å². The Morgan fingerprint density at radius 3 is 1.97 bits per heavy atom. The third-order valence-corrected chi connectivity index (χ3v) is 5.07. The average molecular weight is 408 g/mol. The Morgan fingerprint density at radius 1 is 0.933 bits per heavy atom. The summed E-state index contributed by atoms with van der Waals surface area (Å²) < 4.78 is 5.19. The van der Waals surface area contributed by atoms with Crippen LogP contribution in [0.3, 0.4) is 0 Å². The number of para-hydroxylation sites is 1. The second kappa shape index (κ2) is 8.49. The van der Waals surface area contributed by atoms with Crippen molar-refractivity contribution in [1.82, 2.24) is 4.90 Å². The van der Waals surface area contributed by atoms with Crippen LogP contribution in [0.25, 0.3) is 0 Å². The van der Waals surface area contributed by atoms with E-state index in [1.54, 1.807) is 38.1 Å². The maximum Gasteiger partial charge on any atom is 0.330 e. The molecular formula is C23H24N2O5. The maximum absolute atomic E-state index is 12.8. The smallest absolute Gasteiger partial charge is 0.330 e. The number of carbonyl (C=O) groups is 4. The number of rotatable bonds is 6. The predicted octanol–water partition coefficient (Wildman–Crippen LogP) is 3.11. The van der Waals surface area contributed by atoms with Crippen LogP contribution in [0.4, 0.5) is 5.69 Å². The fourth-order valence-electron chi connectivity index (χ4n) is 3.55. The Hall–Kier alpha value is -3.48. The Bertz CT molecular complexity index is 973. The lowest BCUT2D eigenvalue weighted by Gasteiger charge is -2.27. The van der Waals surface area contributed by atoms with Crippen molar-refractivity contribution in [2.24, 2.45) is 5.92 Å². The Labute approximate surface area is 175 Å². The molecule has 1 N–H and O–H groups in total. The van der Waals surface area contributed by atoms with E-state index in [2.05, 4.69) is 5.32 Å². The van der Waals surface area contributed by atoms with Gasteiger partial charge in [-0.15, -0.1) is 0 Å². The summed E-state index contributed by atoms with van der Waals surface area (Å²) in [6.45, 7) is 6.65. The number of hydrogen-bond donors (Lipinski definition) is 1. The van der Waals surface area contributed by atoms with Crippen LogP contribution in [0, 0.1) is 19.8 Å². The Morgan fingerprint density at radius 2 is 1.47 bits per heavy atom. The number of esters is 1. The molecule has 1 atom stereocenters. The van der Waals surface area contributed by atoms with E-state index in [0.29, 0.717) is 5.69 Å². The van der Waals surface area contributed by atoms with E-state index in [1.165, 1.54) is 0 Å². The third kappa shape index (κ3) is 3.96. The molecule has 3 amide bonds. The summed E-state index contributed by atoms with van der Waals surface area (Å²) in [4.78, 5) is 51.5. The minimum absolute atomic E-state index is 0.258. The predicted molar refractivity (Wildman–Crippen MR) is 111 cm³/mol. The van der Waals surface area contributed by atoms with Crippen LogP contribution in [-0.2, 0) is 14.3 Å². The zero-order valence-corrected chi connectivity index (χ0v) is 17.4. The number of benzene rings is 2. The third-order valence-electron chi connectivity index (χ3n) is 5.07. The first-order valence-electron chi connectivity index (χ1n) is 9.72. The maximum atomic E-state index is 12.8. The van der Waals surface area contributed by atoms with Crippen molar-refractivity contribution in [3.63, 3.8) is 0 Å². The van der Waals surface area contributed by atoms with E-state index in [-0.39, 0.29) is 17.0 Å². The molecule has 0 unspecified atom stereocenters. The number of anilines is 1. The van der Waals surface area contributed by atoms with Gasteiger partial charge >= 0.3 is 5.97 Å². The van der Waals surface area contributed by atoms with Gasteiger partial charge in [0.05, 0.1) is 11.1 Å². The van der Waals surface area contributed by atoms with Crippen molar-refractivity contribution in [2.75, 3.05) is 11.9 Å². The fraction of sp³-hybridized carbons (Fsp3) is 0.304. The van der Waals surface area contributed by atoms with Gasteiger partial charge in [-0.1, -0.05) is 44.2 Å². The van der Waals surface area contributed by atoms with Crippen molar-refractivity contribution in [3.8, 4) is 0 Å². The fourth-order valence-corrected chi connectivity index (χ4v) is 3.55. The molecule has 7 nitrogen and oxygen atoms in total. The molecule has 0 radical (unpaired) electrons. The molecule has 30 heavy (non-hydrogen) atoms. The molecule has 0 spiro atoms. The van der Waals surface area contributed by atoms with Gasteiger partial charge in [0.25, 0.3) is 17.7 Å². The van der Waals surface area contributed by atoms with Crippen molar-refractivity contribution in [1.29, 1.82) is 0 Å². The molecule has 0 saturated carbocycles. The lowest BCUT2D eigenvalue weighted by atomic mass is 10.0. The molecule has 0 aliphatic carbocycles. The minimum atomic E-state index is -1.12. The van der Waals surface area contributed by atoms with Crippen molar-refractivity contribution < 1.29 is 23.9 Å². The molecule has 1 aliphatic rings. The first-order chi connectivity index (χ1) is 14.2. The SMILES string of the molecule is Cc1cccc(C)c1NC(=O)COC(=O)[C@H](C(C)C)N1C(=O)c2ccccc2C1=O. The van der Waals surface area contributed by atoms with Gasteiger partial charge in [-0.05, 0) is 43.0 Å². The summed E-state index contributed by atoms with van der Waals surface area (Å²) in [6, 6.07) is 10.9. The van der Waals surface area contributed by atoms with Gasteiger partial charge in [-0.3, -0.25) is 19.3 Å². The number of nitrogens with one attached hydrogen (secondary N) is 1. The van der Waals surface area contributed by atoms with Crippen LogP contribution < -0.4 is 5.32 Å². The number of fused-ring (bicyclic) bond motifs is 1. The van der Waals surface area contributed by atoms with Crippen molar-refractivity contribution in [2.45, 2.75) is 33.7 Å². The van der Waals surface area contributed by atoms with E-state index in [0.717, 1.165) is 16.0 Å². The number of amides is 3. The Kier molecular flexibility index (Phi) is 6.01. The normalized spacial score (nSPS) is 14.0. The molecule has 3 rings (SSSR count). The largest absolute Gasteiger partial charge is 0.454 e. The summed E-state index contributed by atoms with van der Waals surface area (Å²) in [5.41, 5.74) is 2.96. The second-order valence-electron chi connectivity index (χ2n) is 7.64. The lowest BCUT2D eigenvalue weighted by Crippen LogP contribution is -2.49. The topological polar surface area (TPSA) is 92.8 Å². The average Bonchev–Trinajstić information content (AvgIpc) is 2.95. The van der Waals surface area contributed by atoms with E-state index < -0.39 is 36.3 Å². The van der Waals surface area contributed by atoms with Gasteiger partial charge in [0.2, 0.25) is 0 Å². The zero-order valence-electron chi connectivity index (χ0n) is 17.4. The van der Waals surface area contributed by atoms with Crippen LogP contribution in [0.2, 0.25) is 0 Å². The van der Waals surface area contributed by atoms with Gasteiger partial charge in [-0.2, -0.15) is 0 Å². The highest BCUT2D eigenvalue weighted by Crippen LogP contribution is 2.27. The van der Waals surface area contributed by atoms with Crippen molar-refractivity contribution >= 4 is 29.4 Å².